The number of primary amides is 1. The summed E-state index contributed by atoms with van der Waals surface area (Å²) in [5.74, 6) is -3.61. The second-order valence-corrected chi connectivity index (χ2v) is 9.60. The molecule has 36 heavy (non-hydrogen) atoms. The van der Waals surface area contributed by atoms with Crippen molar-refractivity contribution in [3.8, 4) is 0 Å². The zero-order valence-electron chi connectivity index (χ0n) is 19.7. The largest absolute Gasteiger partial charge is 0.368 e. The fourth-order valence-electron chi connectivity index (χ4n) is 3.87. The van der Waals surface area contributed by atoms with Gasteiger partial charge < -0.3 is 26.6 Å². The molecular weight excluding hydrogens is 492 g/mol. The van der Waals surface area contributed by atoms with Crippen molar-refractivity contribution in [2.75, 3.05) is 11.9 Å². The minimum Gasteiger partial charge on any atom is -0.368 e. The van der Waals surface area contributed by atoms with Crippen LogP contribution in [0.4, 0.5) is 19.3 Å². The number of urea groups is 1. The van der Waals surface area contributed by atoms with Crippen molar-refractivity contribution in [2.24, 2.45) is 5.73 Å². The molecule has 1 saturated heterocycles. The average molecular weight is 520 g/mol. The molecule has 9 nitrogen and oxygen atoms in total. The zero-order chi connectivity index (χ0) is 26.4. The Balaban J connectivity index is 1.79. The van der Waals surface area contributed by atoms with E-state index in [-0.39, 0.29) is 25.1 Å². The number of nitrogens with one attached hydrogen (secondary N) is 3. The number of nitrogens with two attached hydrogens (primary N) is 1. The summed E-state index contributed by atoms with van der Waals surface area (Å²) in [6.07, 6.45) is 1.77. The Morgan fingerprint density at radius 2 is 1.97 bits per heavy atom. The Morgan fingerprint density at radius 3 is 2.58 bits per heavy atom. The van der Waals surface area contributed by atoms with E-state index >= 15 is 0 Å². The normalized spacial score (nSPS) is 17.7. The van der Waals surface area contributed by atoms with Gasteiger partial charge in [-0.25, -0.2) is 13.6 Å². The van der Waals surface area contributed by atoms with Crippen LogP contribution in [0.5, 0.6) is 0 Å². The first-order chi connectivity index (χ1) is 17.0. The number of carbonyl (C=O) groups excluding carboxylic acids is 4. The predicted molar refractivity (Wildman–Crippen MR) is 131 cm³/mol. The molecule has 12 heteroatoms. The lowest BCUT2D eigenvalue weighted by Crippen LogP contribution is -2.58. The molecule has 0 radical (unpaired) electrons. The third-order valence-corrected chi connectivity index (χ3v) is 6.40. The lowest BCUT2D eigenvalue weighted by molar-refractivity contribution is -0.136. The van der Waals surface area contributed by atoms with Crippen LogP contribution in [0, 0.1) is 11.6 Å². The van der Waals surface area contributed by atoms with Gasteiger partial charge in [-0.3, -0.25) is 14.4 Å². The fraction of sp³-hybridized carbons (Fsp3) is 0.333. The molecule has 192 valence electrons. The first-order valence-electron chi connectivity index (χ1n) is 11.1. The van der Waals surface area contributed by atoms with Gasteiger partial charge in [0.25, 0.3) is 0 Å². The average Bonchev–Trinajstić information content (AvgIpc) is 3.44. The highest BCUT2D eigenvalue weighted by molar-refractivity contribution is 7.09. The van der Waals surface area contributed by atoms with Gasteiger partial charge in [-0.15, -0.1) is 11.3 Å². The third kappa shape index (κ3) is 6.87. The van der Waals surface area contributed by atoms with Crippen LogP contribution in [0.25, 0.3) is 0 Å². The molecule has 3 rings (SSSR count). The van der Waals surface area contributed by atoms with Crippen molar-refractivity contribution in [2.45, 2.75) is 44.8 Å². The maximum atomic E-state index is 13.9. The molecule has 0 aliphatic carbocycles. The summed E-state index contributed by atoms with van der Waals surface area (Å²) in [4.78, 5) is 52.9. The van der Waals surface area contributed by atoms with E-state index in [2.05, 4.69) is 16.0 Å². The van der Waals surface area contributed by atoms with E-state index in [1.165, 1.54) is 22.3 Å². The number of rotatable bonds is 8. The van der Waals surface area contributed by atoms with E-state index in [1.807, 2.05) is 5.38 Å². The summed E-state index contributed by atoms with van der Waals surface area (Å²) in [7, 11) is 0. The predicted octanol–water partition coefficient (Wildman–Crippen LogP) is 2.30. The molecule has 1 aromatic carbocycles. The smallest absolute Gasteiger partial charge is 0.319 e. The Morgan fingerprint density at radius 1 is 1.22 bits per heavy atom. The second-order valence-electron chi connectivity index (χ2n) is 8.56. The van der Waals surface area contributed by atoms with Crippen molar-refractivity contribution in [1.29, 1.82) is 0 Å². The second kappa shape index (κ2) is 11.8. The molecule has 0 spiro atoms. The Kier molecular flexibility index (Phi) is 8.75. The number of benzene rings is 1. The number of anilines is 1. The SMILES string of the molecule is CC(C)=CC(=O)N1CC[C@H](NC(=O)Nc2ccc(F)cc2F)[C@H]1C(=O)N[C@@H](Cc1cccs1)C(N)=O. The number of hydrogen-bond acceptors (Lipinski definition) is 5. The van der Waals surface area contributed by atoms with Crippen LogP contribution in [-0.4, -0.2) is 53.3 Å². The van der Waals surface area contributed by atoms with Gasteiger partial charge in [0.1, 0.15) is 23.7 Å². The number of thiophene rings is 1. The number of amides is 5. The first-order valence-corrected chi connectivity index (χ1v) is 12.0. The summed E-state index contributed by atoms with van der Waals surface area (Å²) in [5, 5.41) is 9.30. The summed E-state index contributed by atoms with van der Waals surface area (Å²) in [5.41, 5.74) is 5.97. The van der Waals surface area contributed by atoms with E-state index in [0.29, 0.717) is 11.6 Å². The van der Waals surface area contributed by atoms with Gasteiger partial charge in [0.2, 0.25) is 17.7 Å². The van der Waals surface area contributed by atoms with Gasteiger partial charge in [-0.05, 0) is 43.8 Å². The molecule has 1 aliphatic heterocycles. The van der Waals surface area contributed by atoms with Gasteiger partial charge in [-0.1, -0.05) is 11.6 Å². The van der Waals surface area contributed by atoms with Gasteiger partial charge >= 0.3 is 6.03 Å². The van der Waals surface area contributed by atoms with Crippen LogP contribution in [0.1, 0.15) is 25.1 Å². The Labute approximate surface area is 210 Å². The first kappa shape index (κ1) is 26.8. The molecule has 2 aromatic rings. The molecule has 0 saturated carbocycles. The minimum absolute atomic E-state index is 0.155. The highest BCUT2D eigenvalue weighted by atomic mass is 32.1. The van der Waals surface area contributed by atoms with Crippen molar-refractivity contribution in [3.05, 3.63) is 63.9 Å². The van der Waals surface area contributed by atoms with Crippen LogP contribution in [0.3, 0.4) is 0 Å². The molecule has 5 amide bonds. The van der Waals surface area contributed by atoms with Crippen molar-refractivity contribution >= 4 is 40.8 Å². The van der Waals surface area contributed by atoms with Crippen LogP contribution in [0.2, 0.25) is 0 Å². The number of halogens is 2. The Hall–Kier alpha value is -3.80. The zero-order valence-corrected chi connectivity index (χ0v) is 20.5. The van der Waals surface area contributed by atoms with Crippen LogP contribution in [0.15, 0.2) is 47.4 Å². The molecule has 1 aliphatic rings. The maximum Gasteiger partial charge on any atom is 0.319 e. The fourth-order valence-corrected chi connectivity index (χ4v) is 4.62. The summed E-state index contributed by atoms with van der Waals surface area (Å²) in [6, 6.07) is 2.41. The van der Waals surface area contributed by atoms with Crippen molar-refractivity contribution in [3.63, 3.8) is 0 Å². The summed E-state index contributed by atoms with van der Waals surface area (Å²) in [6.45, 7) is 3.62. The third-order valence-electron chi connectivity index (χ3n) is 5.50. The van der Waals surface area contributed by atoms with Crippen LogP contribution >= 0.6 is 11.3 Å². The summed E-state index contributed by atoms with van der Waals surface area (Å²) < 4.78 is 27.1. The number of nitrogens with zero attached hydrogens (tertiary/aromatic N) is 1. The van der Waals surface area contributed by atoms with E-state index < -0.39 is 53.5 Å². The Bertz CT molecular complexity index is 1170. The highest BCUT2D eigenvalue weighted by Crippen LogP contribution is 2.21. The number of likely N-dealkylation sites (tertiary alicyclic amines) is 1. The minimum atomic E-state index is -1.15. The van der Waals surface area contributed by atoms with Gasteiger partial charge in [0.05, 0.1) is 11.7 Å². The number of allylic oxidation sites excluding steroid dienone is 1. The quantitative estimate of drug-likeness (QED) is 0.398. The van der Waals surface area contributed by atoms with E-state index in [1.54, 1.807) is 26.0 Å². The standard InChI is InChI=1S/C24H27F2N5O4S/c1-13(2)10-20(32)31-8-7-18(30-24(35)29-17-6-5-14(25)11-16(17)26)21(31)23(34)28-19(22(27)33)12-15-4-3-9-36-15/h3-6,9-11,18-19,21H,7-8,12H2,1-2H3,(H2,27,33)(H,28,34)(H2,29,30,35)/t18-,19-,21-/m0/s1. The number of hydrogen-bond donors (Lipinski definition) is 4. The monoisotopic (exact) mass is 519 g/mol. The molecule has 2 heterocycles. The van der Waals surface area contributed by atoms with Crippen molar-refractivity contribution < 1.29 is 28.0 Å². The van der Waals surface area contributed by atoms with Crippen molar-refractivity contribution in [1.82, 2.24) is 15.5 Å². The van der Waals surface area contributed by atoms with E-state index in [0.717, 1.165) is 17.0 Å². The molecule has 1 aromatic heterocycles. The lowest BCUT2D eigenvalue weighted by atomic mass is 10.1. The number of carbonyl (C=O) groups is 4. The van der Waals surface area contributed by atoms with Gasteiger partial charge in [0, 0.05) is 30.0 Å². The van der Waals surface area contributed by atoms with E-state index in [9.17, 15) is 28.0 Å². The highest BCUT2D eigenvalue weighted by Gasteiger charge is 2.43. The molecule has 0 unspecified atom stereocenters. The van der Waals surface area contributed by atoms with Gasteiger partial charge in [0.15, 0.2) is 0 Å². The molecule has 0 bridgehead atoms. The lowest BCUT2D eigenvalue weighted by Gasteiger charge is -2.28. The molecule has 1 fully saturated rings. The van der Waals surface area contributed by atoms with Gasteiger partial charge in [-0.2, -0.15) is 0 Å². The molecular formula is C24H27F2N5O4S. The maximum absolute atomic E-state index is 13.9. The summed E-state index contributed by atoms with van der Waals surface area (Å²) >= 11 is 1.40. The molecule has 5 N–H and O–H groups in total. The van der Waals surface area contributed by atoms with Crippen LogP contribution in [-0.2, 0) is 20.8 Å². The molecule has 3 atom stereocenters. The van der Waals surface area contributed by atoms with E-state index in [4.69, 9.17) is 5.73 Å². The topological polar surface area (TPSA) is 134 Å². The van der Waals surface area contributed by atoms with Crippen LogP contribution < -0.4 is 21.7 Å².